The normalized spacial score (nSPS) is 14.4. The van der Waals surface area contributed by atoms with Crippen molar-refractivity contribution in [3.05, 3.63) is 18.5 Å². The molecule has 0 unspecified atom stereocenters. The Bertz CT molecular complexity index is 695. The molecule has 3 heterocycles. The van der Waals surface area contributed by atoms with Gasteiger partial charge >= 0.3 is 0 Å². The van der Waals surface area contributed by atoms with E-state index in [1.165, 1.54) is 0 Å². The molecule has 3 rings (SSSR count). The Kier molecular flexibility index (Phi) is 5.01. The van der Waals surface area contributed by atoms with Crippen LogP contribution < -0.4 is 24.2 Å². The van der Waals surface area contributed by atoms with Crippen molar-refractivity contribution in [1.82, 2.24) is 19.9 Å². The largest absolute Gasteiger partial charge is 0.481 e. The van der Waals surface area contributed by atoms with Crippen LogP contribution in [0.3, 0.4) is 0 Å². The lowest BCUT2D eigenvalue weighted by Crippen LogP contribution is -2.47. The minimum atomic E-state index is 0.496. The molecule has 1 aliphatic rings. The molecule has 9 nitrogen and oxygen atoms in total. The van der Waals surface area contributed by atoms with E-state index in [1.807, 2.05) is 25.1 Å². The van der Waals surface area contributed by atoms with Crippen LogP contribution in [0.1, 0.15) is 0 Å². The third-order valence-electron chi connectivity index (χ3n) is 4.07. The van der Waals surface area contributed by atoms with Crippen LogP contribution in [0.15, 0.2) is 18.5 Å². The van der Waals surface area contributed by atoms with Gasteiger partial charge in [0.1, 0.15) is 18.0 Å². The van der Waals surface area contributed by atoms with Crippen LogP contribution in [0.5, 0.6) is 11.8 Å². The van der Waals surface area contributed by atoms with E-state index in [-0.39, 0.29) is 0 Å². The van der Waals surface area contributed by atoms with Crippen LogP contribution in [0.4, 0.5) is 17.6 Å². The Hall–Kier alpha value is -2.84. The van der Waals surface area contributed by atoms with Crippen molar-refractivity contribution in [2.24, 2.45) is 0 Å². The van der Waals surface area contributed by atoms with Gasteiger partial charge in [0, 0.05) is 46.3 Å². The molecule has 0 amide bonds. The number of piperazine rings is 1. The molecule has 0 aromatic carbocycles. The maximum absolute atomic E-state index is 5.22. The van der Waals surface area contributed by atoms with Crippen LogP contribution in [0.2, 0.25) is 0 Å². The highest BCUT2D eigenvalue weighted by Gasteiger charge is 2.21. The summed E-state index contributed by atoms with van der Waals surface area (Å²) >= 11 is 0. The first-order valence-corrected chi connectivity index (χ1v) is 8.07. The number of hydrogen-bond donors (Lipinski definition) is 0. The van der Waals surface area contributed by atoms with Gasteiger partial charge < -0.3 is 24.2 Å². The summed E-state index contributed by atoms with van der Waals surface area (Å²) in [5.41, 5.74) is 0. The number of aromatic nitrogens is 4. The second-order valence-electron chi connectivity index (χ2n) is 5.86. The second kappa shape index (κ2) is 7.37. The smallest absolute Gasteiger partial charge is 0.232 e. The van der Waals surface area contributed by atoms with Gasteiger partial charge in [-0.1, -0.05) is 0 Å². The minimum Gasteiger partial charge on any atom is -0.481 e. The van der Waals surface area contributed by atoms with E-state index in [0.29, 0.717) is 17.7 Å². The molecular formula is C16H23N7O2. The van der Waals surface area contributed by atoms with Crippen molar-refractivity contribution >= 4 is 17.6 Å². The summed E-state index contributed by atoms with van der Waals surface area (Å²) in [5.74, 6) is 3.44. The molecule has 9 heteroatoms. The minimum absolute atomic E-state index is 0.496. The molecule has 0 bridgehead atoms. The average Bonchev–Trinajstić information content (AvgIpc) is 2.67. The molecule has 25 heavy (non-hydrogen) atoms. The van der Waals surface area contributed by atoms with Crippen LogP contribution in [-0.4, -0.2) is 74.4 Å². The van der Waals surface area contributed by atoms with Gasteiger partial charge in [-0.15, -0.1) is 0 Å². The standard InChI is InChI=1S/C16H23N7O2/c1-21(2)12-9-13(18-11-17-12)22-5-7-23(8-6-22)16-19-14(24-3)10-15(20-16)25-4/h9-11H,5-8H2,1-4H3. The van der Waals surface area contributed by atoms with Gasteiger partial charge in [0.15, 0.2) is 0 Å². The quantitative estimate of drug-likeness (QED) is 0.777. The summed E-state index contributed by atoms with van der Waals surface area (Å²) in [7, 11) is 7.11. The van der Waals surface area contributed by atoms with Gasteiger partial charge in [0.2, 0.25) is 17.7 Å². The number of hydrogen-bond acceptors (Lipinski definition) is 9. The fourth-order valence-electron chi connectivity index (χ4n) is 2.63. The van der Waals surface area contributed by atoms with Crippen LogP contribution in [-0.2, 0) is 0 Å². The highest BCUT2D eigenvalue weighted by Crippen LogP contribution is 2.23. The molecule has 134 valence electrons. The number of rotatable bonds is 5. The van der Waals surface area contributed by atoms with Gasteiger partial charge in [0.25, 0.3) is 0 Å². The summed E-state index contributed by atoms with van der Waals surface area (Å²) in [6, 6.07) is 3.67. The summed E-state index contributed by atoms with van der Waals surface area (Å²) in [5, 5.41) is 0. The monoisotopic (exact) mass is 345 g/mol. The molecule has 0 spiro atoms. The first kappa shape index (κ1) is 17.0. The first-order valence-electron chi connectivity index (χ1n) is 8.07. The summed E-state index contributed by atoms with van der Waals surface area (Å²) in [6.45, 7) is 3.23. The zero-order valence-electron chi connectivity index (χ0n) is 15.0. The van der Waals surface area contributed by atoms with Crippen LogP contribution in [0.25, 0.3) is 0 Å². The van der Waals surface area contributed by atoms with Gasteiger partial charge in [-0.2, -0.15) is 9.97 Å². The van der Waals surface area contributed by atoms with E-state index >= 15 is 0 Å². The Morgan fingerprint density at radius 3 is 2.04 bits per heavy atom. The van der Waals surface area contributed by atoms with Crippen molar-refractivity contribution in [2.45, 2.75) is 0 Å². The maximum Gasteiger partial charge on any atom is 0.232 e. The maximum atomic E-state index is 5.22. The zero-order chi connectivity index (χ0) is 17.8. The summed E-state index contributed by atoms with van der Waals surface area (Å²) < 4.78 is 10.4. The average molecular weight is 345 g/mol. The molecule has 0 radical (unpaired) electrons. The van der Waals surface area contributed by atoms with Crippen molar-refractivity contribution in [3.8, 4) is 11.8 Å². The fraction of sp³-hybridized carbons (Fsp3) is 0.500. The molecule has 0 saturated carbocycles. The number of ether oxygens (including phenoxy) is 2. The van der Waals surface area contributed by atoms with E-state index in [2.05, 4.69) is 29.7 Å². The highest BCUT2D eigenvalue weighted by molar-refractivity contribution is 5.50. The third-order valence-corrected chi connectivity index (χ3v) is 4.07. The summed E-state index contributed by atoms with van der Waals surface area (Å²) in [6.07, 6.45) is 1.60. The molecular weight excluding hydrogens is 322 g/mol. The predicted molar refractivity (Wildman–Crippen MR) is 95.9 cm³/mol. The Balaban J connectivity index is 1.71. The molecule has 2 aromatic rings. The van der Waals surface area contributed by atoms with Crippen molar-refractivity contribution < 1.29 is 9.47 Å². The van der Waals surface area contributed by atoms with E-state index in [0.717, 1.165) is 37.8 Å². The third kappa shape index (κ3) is 3.81. The van der Waals surface area contributed by atoms with Gasteiger partial charge in [-0.25, -0.2) is 9.97 Å². The van der Waals surface area contributed by atoms with Crippen molar-refractivity contribution in [2.75, 3.05) is 69.2 Å². The molecule has 1 saturated heterocycles. The van der Waals surface area contributed by atoms with E-state index in [4.69, 9.17) is 9.47 Å². The van der Waals surface area contributed by atoms with Crippen molar-refractivity contribution in [3.63, 3.8) is 0 Å². The molecule has 0 atom stereocenters. The Labute approximate surface area is 147 Å². The lowest BCUT2D eigenvalue weighted by Gasteiger charge is -2.35. The second-order valence-corrected chi connectivity index (χ2v) is 5.86. The lowest BCUT2D eigenvalue weighted by molar-refractivity contribution is 0.371. The molecule has 0 N–H and O–H groups in total. The molecule has 1 fully saturated rings. The van der Waals surface area contributed by atoms with Gasteiger partial charge in [-0.3, -0.25) is 0 Å². The Morgan fingerprint density at radius 2 is 1.48 bits per heavy atom. The number of anilines is 3. The summed E-state index contributed by atoms with van der Waals surface area (Å²) in [4.78, 5) is 23.8. The highest BCUT2D eigenvalue weighted by atomic mass is 16.5. The zero-order valence-corrected chi connectivity index (χ0v) is 15.0. The van der Waals surface area contributed by atoms with Crippen LogP contribution in [0, 0.1) is 0 Å². The first-order chi connectivity index (χ1) is 12.1. The molecule has 2 aromatic heterocycles. The van der Waals surface area contributed by atoms with Crippen molar-refractivity contribution in [1.29, 1.82) is 0 Å². The van der Waals surface area contributed by atoms with Gasteiger partial charge in [0.05, 0.1) is 20.3 Å². The molecule has 0 aliphatic carbocycles. The predicted octanol–water partition coefficient (Wildman–Crippen LogP) is 0.676. The SMILES string of the molecule is COc1cc(OC)nc(N2CCN(c3cc(N(C)C)ncn3)CC2)n1. The fourth-order valence-corrected chi connectivity index (χ4v) is 2.63. The van der Waals surface area contributed by atoms with Gasteiger partial charge in [-0.05, 0) is 0 Å². The lowest BCUT2D eigenvalue weighted by atomic mass is 10.3. The van der Waals surface area contributed by atoms with E-state index < -0.39 is 0 Å². The topological polar surface area (TPSA) is 79.7 Å². The number of methoxy groups -OCH3 is 2. The van der Waals surface area contributed by atoms with E-state index in [9.17, 15) is 0 Å². The van der Waals surface area contributed by atoms with Crippen LogP contribution >= 0.6 is 0 Å². The molecule has 1 aliphatic heterocycles. The number of nitrogens with zero attached hydrogens (tertiary/aromatic N) is 7. The Morgan fingerprint density at radius 1 is 0.880 bits per heavy atom. The van der Waals surface area contributed by atoms with E-state index in [1.54, 1.807) is 26.6 Å².